The highest BCUT2D eigenvalue weighted by Gasteiger charge is 2.15. The zero-order valence-electron chi connectivity index (χ0n) is 12.5. The van der Waals surface area contributed by atoms with E-state index in [2.05, 4.69) is 22.8 Å². The molecule has 0 heterocycles. The zero-order chi connectivity index (χ0) is 15.5. The number of anilines is 2. The smallest absolute Gasteiger partial charge is 0.246 e. The number of halogens is 1. The van der Waals surface area contributed by atoms with Crippen LogP contribution in [0.1, 0.15) is 24.5 Å². The summed E-state index contributed by atoms with van der Waals surface area (Å²) in [4.78, 5) is 12.2. The number of nitrogens with one attached hydrogen (secondary N) is 2. The molecule has 0 bridgehead atoms. The molecule has 22 heavy (non-hydrogen) atoms. The minimum absolute atomic E-state index is 0.189. The van der Waals surface area contributed by atoms with Crippen molar-refractivity contribution in [3.05, 3.63) is 59.4 Å². The highest BCUT2D eigenvalue weighted by molar-refractivity contribution is 5.96. The summed E-state index contributed by atoms with van der Waals surface area (Å²) in [5.74, 6) is -0.553. The van der Waals surface area contributed by atoms with Crippen LogP contribution in [0.2, 0.25) is 0 Å². The van der Waals surface area contributed by atoms with Gasteiger partial charge in [0.15, 0.2) is 0 Å². The van der Waals surface area contributed by atoms with Crippen LogP contribution in [0.25, 0.3) is 0 Å². The van der Waals surface area contributed by atoms with Crippen molar-refractivity contribution in [2.24, 2.45) is 0 Å². The molecule has 0 fully saturated rings. The molecule has 1 amide bonds. The van der Waals surface area contributed by atoms with Crippen molar-refractivity contribution in [3.8, 4) is 0 Å². The highest BCUT2D eigenvalue weighted by Crippen LogP contribution is 2.25. The average Bonchev–Trinajstić information content (AvgIpc) is 2.94. The highest BCUT2D eigenvalue weighted by atomic mass is 19.1. The molecule has 0 radical (unpaired) electrons. The van der Waals surface area contributed by atoms with E-state index < -0.39 is 6.04 Å². The van der Waals surface area contributed by atoms with Crippen molar-refractivity contribution in [3.63, 3.8) is 0 Å². The number of fused-ring (bicyclic) bond motifs is 1. The Kier molecular flexibility index (Phi) is 4.09. The van der Waals surface area contributed by atoms with Crippen LogP contribution >= 0.6 is 0 Å². The molecular weight excluding hydrogens is 279 g/mol. The van der Waals surface area contributed by atoms with Crippen LogP contribution in [0.4, 0.5) is 15.8 Å². The van der Waals surface area contributed by atoms with E-state index in [1.807, 2.05) is 6.07 Å². The molecule has 3 rings (SSSR count). The lowest BCUT2D eigenvalue weighted by molar-refractivity contribution is -0.116. The summed E-state index contributed by atoms with van der Waals surface area (Å²) in [6, 6.07) is 11.8. The minimum atomic E-state index is -0.400. The predicted molar refractivity (Wildman–Crippen MR) is 86.6 cm³/mol. The van der Waals surface area contributed by atoms with Crippen molar-refractivity contribution in [1.29, 1.82) is 0 Å². The van der Waals surface area contributed by atoms with Crippen LogP contribution < -0.4 is 10.6 Å². The van der Waals surface area contributed by atoms with Crippen LogP contribution in [0.3, 0.4) is 0 Å². The van der Waals surface area contributed by atoms with Crippen LogP contribution in [-0.2, 0) is 17.6 Å². The first-order valence-corrected chi connectivity index (χ1v) is 7.56. The van der Waals surface area contributed by atoms with Crippen LogP contribution in [0, 0.1) is 5.82 Å². The summed E-state index contributed by atoms with van der Waals surface area (Å²) in [5, 5.41) is 5.91. The van der Waals surface area contributed by atoms with Crippen LogP contribution in [0.5, 0.6) is 0 Å². The fourth-order valence-electron chi connectivity index (χ4n) is 2.79. The monoisotopic (exact) mass is 298 g/mol. The van der Waals surface area contributed by atoms with E-state index in [9.17, 15) is 9.18 Å². The molecule has 0 saturated heterocycles. The summed E-state index contributed by atoms with van der Waals surface area (Å²) in [5.41, 5.74) is 4.18. The summed E-state index contributed by atoms with van der Waals surface area (Å²) < 4.78 is 13.1. The van der Waals surface area contributed by atoms with Gasteiger partial charge in [-0.25, -0.2) is 4.39 Å². The first-order chi connectivity index (χ1) is 10.6. The van der Waals surface area contributed by atoms with Gasteiger partial charge in [-0.3, -0.25) is 4.79 Å². The Bertz CT molecular complexity index is 699. The van der Waals surface area contributed by atoms with Crippen molar-refractivity contribution in [1.82, 2.24) is 0 Å². The van der Waals surface area contributed by atoms with E-state index in [-0.39, 0.29) is 11.7 Å². The molecule has 3 nitrogen and oxygen atoms in total. The van der Waals surface area contributed by atoms with Gasteiger partial charge in [0.05, 0.1) is 0 Å². The van der Waals surface area contributed by atoms with E-state index in [4.69, 9.17) is 0 Å². The number of amides is 1. The fraction of sp³-hybridized carbons (Fsp3) is 0.278. The van der Waals surface area contributed by atoms with Crippen molar-refractivity contribution in [2.75, 3.05) is 10.6 Å². The maximum Gasteiger partial charge on any atom is 0.246 e. The Morgan fingerprint density at radius 3 is 2.73 bits per heavy atom. The molecule has 0 aliphatic heterocycles. The Labute approximate surface area is 129 Å². The third kappa shape index (κ3) is 3.27. The largest absolute Gasteiger partial charge is 0.374 e. The van der Waals surface area contributed by atoms with Gasteiger partial charge in [0.2, 0.25) is 5.91 Å². The number of benzene rings is 2. The van der Waals surface area contributed by atoms with Gasteiger partial charge in [-0.15, -0.1) is 0 Å². The number of hydrogen-bond donors (Lipinski definition) is 2. The molecule has 0 unspecified atom stereocenters. The van der Waals surface area contributed by atoms with Crippen LogP contribution in [-0.4, -0.2) is 11.9 Å². The Morgan fingerprint density at radius 2 is 1.91 bits per heavy atom. The second-order valence-corrected chi connectivity index (χ2v) is 5.70. The van der Waals surface area contributed by atoms with E-state index in [0.717, 1.165) is 18.5 Å². The van der Waals surface area contributed by atoms with Gasteiger partial charge in [0.25, 0.3) is 0 Å². The number of carbonyl (C=O) groups excluding carboxylic acids is 1. The van der Waals surface area contributed by atoms with Gasteiger partial charge in [-0.1, -0.05) is 12.1 Å². The molecule has 1 atom stereocenters. The molecule has 0 spiro atoms. The standard InChI is InChI=1S/C18H19FN2O/c1-12(18(22)21-16-7-3-6-15(19)11-16)20-17-9-8-13-4-2-5-14(13)10-17/h3,6-12,20H,2,4-5H2,1H3,(H,21,22)/t12-/m1/s1. The third-order valence-corrected chi connectivity index (χ3v) is 3.97. The SMILES string of the molecule is C[C@@H](Nc1ccc2c(c1)CCC2)C(=O)Nc1cccc(F)c1. The molecule has 0 aromatic heterocycles. The maximum absolute atomic E-state index is 13.1. The molecule has 2 aromatic rings. The summed E-state index contributed by atoms with van der Waals surface area (Å²) in [6.07, 6.45) is 3.45. The van der Waals surface area contributed by atoms with Gasteiger partial charge >= 0.3 is 0 Å². The maximum atomic E-state index is 13.1. The second kappa shape index (κ2) is 6.18. The molecule has 2 aromatic carbocycles. The lowest BCUT2D eigenvalue weighted by atomic mass is 10.1. The molecule has 2 N–H and O–H groups in total. The van der Waals surface area contributed by atoms with Gasteiger partial charge < -0.3 is 10.6 Å². The molecule has 1 aliphatic carbocycles. The fourth-order valence-corrected chi connectivity index (χ4v) is 2.79. The Balaban J connectivity index is 1.63. The quantitative estimate of drug-likeness (QED) is 0.902. The first-order valence-electron chi connectivity index (χ1n) is 7.56. The summed E-state index contributed by atoms with van der Waals surface area (Å²) in [7, 11) is 0. The van der Waals surface area contributed by atoms with Gasteiger partial charge in [0, 0.05) is 11.4 Å². The topological polar surface area (TPSA) is 41.1 Å². The van der Waals surface area contributed by atoms with Gasteiger partial charge in [0.1, 0.15) is 11.9 Å². The molecule has 114 valence electrons. The lowest BCUT2D eigenvalue weighted by Crippen LogP contribution is -2.31. The molecular formula is C18H19FN2O. The van der Waals surface area contributed by atoms with E-state index in [1.165, 1.54) is 29.7 Å². The normalized spacial score (nSPS) is 14.3. The molecule has 4 heteroatoms. The van der Waals surface area contributed by atoms with E-state index in [1.54, 1.807) is 19.1 Å². The number of aryl methyl sites for hydroxylation is 2. The summed E-state index contributed by atoms with van der Waals surface area (Å²) in [6.45, 7) is 1.79. The number of carbonyl (C=O) groups is 1. The number of hydrogen-bond acceptors (Lipinski definition) is 2. The van der Waals surface area contributed by atoms with Crippen molar-refractivity contribution >= 4 is 17.3 Å². The van der Waals surface area contributed by atoms with E-state index in [0.29, 0.717) is 5.69 Å². The Hall–Kier alpha value is -2.36. The minimum Gasteiger partial charge on any atom is -0.374 e. The van der Waals surface area contributed by atoms with Crippen molar-refractivity contribution < 1.29 is 9.18 Å². The van der Waals surface area contributed by atoms with Crippen molar-refractivity contribution in [2.45, 2.75) is 32.2 Å². The molecule has 1 aliphatic rings. The number of rotatable bonds is 4. The van der Waals surface area contributed by atoms with Gasteiger partial charge in [-0.2, -0.15) is 0 Å². The third-order valence-electron chi connectivity index (χ3n) is 3.97. The predicted octanol–water partition coefficient (Wildman–Crippen LogP) is 3.75. The van der Waals surface area contributed by atoms with E-state index >= 15 is 0 Å². The second-order valence-electron chi connectivity index (χ2n) is 5.70. The lowest BCUT2D eigenvalue weighted by Gasteiger charge is -2.16. The van der Waals surface area contributed by atoms with Crippen LogP contribution in [0.15, 0.2) is 42.5 Å². The Morgan fingerprint density at radius 1 is 1.09 bits per heavy atom. The zero-order valence-corrected chi connectivity index (χ0v) is 12.5. The first kappa shape index (κ1) is 14.6. The summed E-state index contributed by atoms with van der Waals surface area (Å²) >= 11 is 0. The van der Waals surface area contributed by atoms with Gasteiger partial charge in [-0.05, 0) is 67.6 Å². The average molecular weight is 298 g/mol. The molecule has 0 saturated carbocycles.